The van der Waals surface area contributed by atoms with Gasteiger partial charge in [-0.2, -0.15) is 0 Å². The summed E-state index contributed by atoms with van der Waals surface area (Å²) < 4.78 is 0.831. The second-order valence-electron chi connectivity index (χ2n) is 6.07. The van der Waals surface area contributed by atoms with Gasteiger partial charge in [0.25, 0.3) is 0 Å². The summed E-state index contributed by atoms with van der Waals surface area (Å²) in [7, 11) is 0. The molecule has 0 saturated carbocycles. The number of benzene rings is 2. The second kappa shape index (κ2) is 8.43. The number of carbonyl (C=O) groups excluding carboxylic acids is 2. The van der Waals surface area contributed by atoms with Crippen LogP contribution in [-0.4, -0.2) is 38.8 Å². The molecule has 3 amide bonds. The van der Waals surface area contributed by atoms with Crippen molar-refractivity contribution in [3.05, 3.63) is 71.9 Å². The van der Waals surface area contributed by atoms with Gasteiger partial charge in [0, 0.05) is 5.69 Å². The molecule has 2 aromatic heterocycles. The van der Waals surface area contributed by atoms with Crippen LogP contribution >= 0.6 is 11.3 Å². The molecule has 144 valence electrons. The van der Waals surface area contributed by atoms with Gasteiger partial charge in [-0.15, -0.1) is 0 Å². The van der Waals surface area contributed by atoms with Crippen molar-refractivity contribution in [3.63, 3.8) is 0 Å². The van der Waals surface area contributed by atoms with Crippen LogP contribution in [0.2, 0.25) is 0 Å². The van der Waals surface area contributed by atoms with Crippen LogP contribution in [-0.2, 0) is 0 Å². The fraction of sp³-hybridized carbons (Fsp3) is 0. The monoisotopic (exact) mass is 465 g/mol. The van der Waals surface area contributed by atoms with Crippen molar-refractivity contribution in [1.82, 2.24) is 9.97 Å². The van der Waals surface area contributed by atoms with E-state index in [0.29, 0.717) is 22.6 Å². The summed E-state index contributed by atoms with van der Waals surface area (Å²) >= 11 is 2.77. The zero-order valence-corrected chi connectivity index (χ0v) is 18.3. The molecule has 4 aromatic rings. The number of aromatic nitrogens is 2. The first-order valence-electron chi connectivity index (χ1n) is 8.62. The number of rotatable bonds is 4. The molecular formula is C20H16AsN5O2S. The fourth-order valence-electron chi connectivity index (χ4n) is 2.72. The number of urea groups is 1. The molecule has 29 heavy (non-hydrogen) atoms. The van der Waals surface area contributed by atoms with Gasteiger partial charge in [0.2, 0.25) is 0 Å². The Labute approximate surface area is 179 Å². The van der Waals surface area contributed by atoms with Crippen LogP contribution in [0.5, 0.6) is 0 Å². The summed E-state index contributed by atoms with van der Waals surface area (Å²) in [5.74, 6) is -0.215. The van der Waals surface area contributed by atoms with Gasteiger partial charge in [-0.1, -0.05) is 18.2 Å². The molecule has 9 heteroatoms. The van der Waals surface area contributed by atoms with E-state index >= 15 is 0 Å². The third-order valence-electron chi connectivity index (χ3n) is 4.08. The molecule has 1 unspecified atom stereocenters. The second-order valence-corrected chi connectivity index (χ2v) is 8.07. The maximum atomic E-state index is 12.7. The van der Waals surface area contributed by atoms with Crippen molar-refractivity contribution in [2.75, 3.05) is 16.0 Å². The molecule has 3 N–H and O–H groups in total. The first-order chi connectivity index (χ1) is 14.1. The molecule has 0 fully saturated rings. The normalized spacial score (nSPS) is 10.5. The SMILES string of the molecule is O=C(Nc1ccccc1)Nc1ccc(NC(=O)c2csc3ncnc([AsH2])c23)cc1. The van der Waals surface area contributed by atoms with Crippen molar-refractivity contribution >= 4 is 71.9 Å². The molecule has 0 spiro atoms. The molecular weight excluding hydrogens is 449 g/mol. The number of thiophene rings is 1. The first-order valence-corrected chi connectivity index (χ1v) is 10.7. The number of hydrogen-bond acceptors (Lipinski definition) is 5. The number of nitrogens with one attached hydrogen (secondary N) is 3. The molecule has 0 aliphatic carbocycles. The molecule has 4 rings (SSSR count). The topological polar surface area (TPSA) is 96.0 Å². The first kappa shape index (κ1) is 19.1. The summed E-state index contributed by atoms with van der Waals surface area (Å²) in [5.41, 5.74) is 2.51. The predicted octanol–water partition coefficient (Wildman–Crippen LogP) is 2.85. The third-order valence-corrected chi connectivity index (χ3v) is 5.88. The van der Waals surface area contributed by atoms with Gasteiger partial charge < -0.3 is 0 Å². The molecule has 1 atom stereocenters. The summed E-state index contributed by atoms with van der Waals surface area (Å²) in [6.07, 6.45) is 1.51. The Hall–Kier alpha value is -3.22. The van der Waals surface area contributed by atoms with Crippen LogP contribution in [0.1, 0.15) is 10.4 Å². The van der Waals surface area contributed by atoms with Crippen molar-refractivity contribution in [1.29, 1.82) is 0 Å². The van der Waals surface area contributed by atoms with Crippen LogP contribution in [0.15, 0.2) is 66.3 Å². The molecule has 0 aliphatic rings. The molecule has 2 heterocycles. The Bertz CT molecular complexity index is 1180. The number of amides is 3. The fourth-order valence-corrected chi connectivity index (χ4v) is 4.58. The summed E-state index contributed by atoms with van der Waals surface area (Å²) in [5, 5.41) is 11.0. The summed E-state index contributed by atoms with van der Waals surface area (Å²) in [6, 6.07) is 15.8. The molecule has 7 nitrogen and oxygen atoms in total. The average Bonchev–Trinajstić information content (AvgIpc) is 3.16. The van der Waals surface area contributed by atoms with Crippen LogP contribution < -0.4 is 20.4 Å². The van der Waals surface area contributed by atoms with E-state index in [1.54, 1.807) is 41.8 Å². The van der Waals surface area contributed by atoms with Gasteiger partial charge >= 0.3 is 143 Å². The molecule has 0 aliphatic heterocycles. The van der Waals surface area contributed by atoms with E-state index in [2.05, 4.69) is 25.9 Å². The maximum absolute atomic E-state index is 12.7. The molecule has 2 aromatic carbocycles. The minimum atomic E-state index is -0.338. The summed E-state index contributed by atoms with van der Waals surface area (Å²) in [6.45, 7) is 0. The number of carbonyl (C=O) groups is 2. The van der Waals surface area contributed by atoms with Crippen LogP contribution in [0, 0.1) is 0 Å². The standard InChI is InChI=1S/C20H16AsN5O2S/c21-17-16-15(10-29-19(16)23-11-22-17)18(27)24-13-6-8-14(9-7-13)26-20(28)25-12-4-2-1-3-5-12/h1-11H,21H2,(H,24,27)(H2,25,26,28). The van der Waals surface area contributed by atoms with Crippen molar-refractivity contribution in [3.8, 4) is 0 Å². The van der Waals surface area contributed by atoms with Gasteiger partial charge in [-0.05, 0) is 12.1 Å². The summed E-state index contributed by atoms with van der Waals surface area (Å²) in [4.78, 5) is 33.9. The van der Waals surface area contributed by atoms with Gasteiger partial charge in [-0.3, -0.25) is 0 Å². The van der Waals surface area contributed by atoms with E-state index in [1.165, 1.54) is 34.5 Å². The quantitative estimate of drug-likeness (QED) is 0.404. The van der Waals surface area contributed by atoms with Gasteiger partial charge in [0.1, 0.15) is 0 Å². The third kappa shape index (κ3) is 4.45. The predicted molar refractivity (Wildman–Crippen MR) is 119 cm³/mol. The Morgan fingerprint density at radius 2 is 1.45 bits per heavy atom. The van der Waals surface area contributed by atoms with Gasteiger partial charge in [-0.25, -0.2) is 0 Å². The number of fused-ring (bicyclic) bond motifs is 1. The number of hydrogen-bond donors (Lipinski definition) is 3. The van der Waals surface area contributed by atoms with Crippen molar-refractivity contribution in [2.24, 2.45) is 0 Å². The number of para-hydroxylation sites is 1. The van der Waals surface area contributed by atoms with E-state index in [-0.39, 0.29) is 11.9 Å². The number of anilines is 3. The number of nitrogens with zero attached hydrogens (tertiary/aromatic N) is 2. The van der Waals surface area contributed by atoms with E-state index in [9.17, 15) is 9.59 Å². The molecule has 0 saturated heterocycles. The van der Waals surface area contributed by atoms with E-state index in [4.69, 9.17) is 0 Å². The zero-order valence-electron chi connectivity index (χ0n) is 15.0. The van der Waals surface area contributed by atoms with Crippen LogP contribution in [0.4, 0.5) is 21.9 Å². The van der Waals surface area contributed by atoms with Crippen molar-refractivity contribution in [2.45, 2.75) is 0 Å². The van der Waals surface area contributed by atoms with Crippen molar-refractivity contribution < 1.29 is 9.59 Å². The van der Waals surface area contributed by atoms with Crippen LogP contribution in [0.25, 0.3) is 10.2 Å². The Kier molecular flexibility index (Phi) is 5.55. The minimum absolute atomic E-state index is 0.215. The Balaban J connectivity index is 1.41. The molecule has 0 radical (unpaired) electrons. The van der Waals surface area contributed by atoms with E-state index in [0.717, 1.165) is 14.7 Å². The van der Waals surface area contributed by atoms with E-state index < -0.39 is 0 Å². The van der Waals surface area contributed by atoms with Crippen LogP contribution in [0.3, 0.4) is 0 Å². The Morgan fingerprint density at radius 3 is 2.14 bits per heavy atom. The van der Waals surface area contributed by atoms with Gasteiger partial charge in [0.15, 0.2) is 0 Å². The zero-order chi connectivity index (χ0) is 20.2. The van der Waals surface area contributed by atoms with Gasteiger partial charge in [0.05, 0.1) is 0 Å². The van der Waals surface area contributed by atoms with E-state index in [1.807, 2.05) is 18.2 Å². The Morgan fingerprint density at radius 1 is 0.828 bits per heavy atom. The average molecular weight is 465 g/mol. The molecule has 0 bridgehead atoms.